The SMILES string of the molecule is N#Cc1ccc(CCC(=O)N2CCCc3cccc(NC(=O)c4ccccc4)c32)cc1. The van der Waals surface area contributed by atoms with Gasteiger partial charge in [-0.1, -0.05) is 42.5 Å². The molecule has 0 atom stereocenters. The standard InChI is InChI=1S/C26H23N3O2/c27-18-20-13-11-19(12-14-20)15-16-24(30)29-17-5-9-21-8-4-10-23(25(21)29)28-26(31)22-6-2-1-3-7-22/h1-4,6-8,10-14H,5,9,15-17H2,(H,28,31). The van der Waals surface area contributed by atoms with E-state index in [1.807, 2.05) is 53.4 Å². The summed E-state index contributed by atoms with van der Waals surface area (Å²) >= 11 is 0. The van der Waals surface area contributed by atoms with Gasteiger partial charge in [-0.05, 0) is 60.7 Å². The minimum atomic E-state index is -0.190. The number of anilines is 2. The van der Waals surface area contributed by atoms with E-state index >= 15 is 0 Å². The normalized spacial score (nSPS) is 12.5. The van der Waals surface area contributed by atoms with Crippen LogP contribution in [0, 0.1) is 11.3 Å². The number of carbonyl (C=O) groups excluding carboxylic acids is 2. The quantitative estimate of drug-likeness (QED) is 0.662. The van der Waals surface area contributed by atoms with Crippen molar-refractivity contribution in [1.82, 2.24) is 0 Å². The van der Waals surface area contributed by atoms with E-state index in [-0.39, 0.29) is 11.8 Å². The van der Waals surface area contributed by atoms with Crippen LogP contribution in [0.2, 0.25) is 0 Å². The Bertz CT molecular complexity index is 1130. The number of para-hydroxylation sites is 1. The monoisotopic (exact) mass is 409 g/mol. The van der Waals surface area contributed by atoms with Crippen molar-refractivity contribution in [2.45, 2.75) is 25.7 Å². The highest BCUT2D eigenvalue weighted by Crippen LogP contribution is 2.35. The fourth-order valence-electron chi connectivity index (χ4n) is 3.92. The zero-order valence-electron chi connectivity index (χ0n) is 17.2. The van der Waals surface area contributed by atoms with E-state index in [1.165, 1.54) is 0 Å². The number of benzene rings is 3. The number of nitriles is 1. The first-order valence-corrected chi connectivity index (χ1v) is 10.4. The van der Waals surface area contributed by atoms with Crippen molar-refractivity contribution in [3.63, 3.8) is 0 Å². The Morgan fingerprint density at radius 3 is 2.48 bits per heavy atom. The summed E-state index contributed by atoms with van der Waals surface area (Å²) in [6, 6.07) is 24.3. The van der Waals surface area contributed by atoms with Crippen LogP contribution in [0.3, 0.4) is 0 Å². The van der Waals surface area contributed by atoms with Gasteiger partial charge in [-0.3, -0.25) is 9.59 Å². The molecule has 0 aliphatic carbocycles. The van der Waals surface area contributed by atoms with Crippen molar-refractivity contribution in [2.75, 3.05) is 16.8 Å². The molecule has 0 unspecified atom stereocenters. The van der Waals surface area contributed by atoms with Crippen molar-refractivity contribution in [2.24, 2.45) is 0 Å². The summed E-state index contributed by atoms with van der Waals surface area (Å²) in [5.41, 5.74) is 4.76. The van der Waals surface area contributed by atoms with Crippen LogP contribution < -0.4 is 10.2 Å². The van der Waals surface area contributed by atoms with Crippen LogP contribution in [0.15, 0.2) is 72.8 Å². The molecule has 4 rings (SSSR count). The Balaban J connectivity index is 1.52. The number of nitrogens with one attached hydrogen (secondary N) is 1. The lowest BCUT2D eigenvalue weighted by Gasteiger charge is -2.31. The molecule has 1 aliphatic heterocycles. The summed E-state index contributed by atoms with van der Waals surface area (Å²) in [7, 11) is 0. The number of nitrogens with zero attached hydrogens (tertiary/aromatic N) is 2. The molecule has 2 amide bonds. The lowest BCUT2D eigenvalue weighted by atomic mass is 9.99. The molecule has 0 spiro atoms. The summed E-state index contributed by atoms with van der Waals surface area (Å²) in [5, 5.41) is 11.9. The van der Waals surface area contributed by atoms with Crippen molar-refractivity contribution in [3.05, 3.63) is 95.1 Å². The zero-order chi connectivity index (χ0) is 21.6. The summed E-state index contributed by atoms with van der Waals surface area (Å²) in [6.07, 6.45) is 2.75. The maximum atomic E-state index is 13.1. The minimum absolute atomic E-state index is 0.0340. The number of hydrogen-bond donors (Lipinski definition) is 1. The summed E-state index contributed by atoms with van der Waals surface area (Å²) < 4.78 is 0. The molecule has 0 radical (unpaired) electrons. The maximum absolute atomic E-state index is 13.1. The molecule has 5 heteroatoms. The second-order valence-corrected chi connectivity index (χ2v) is 7.59. The molecule has 0 saturated heterocycles. The Hall–Kier alpha value is -3.91. The Morgan fingerprint density at radius 2 is 1.74 bits per heavy atom. The van der Waals surface area contributed by atoms with Crippen LogP contribution in [0.5, 0.6) is 0 Å². The van der Waals surface area contributed by atoms with Crippen molar-refractivity contribution in [3.8, 4) is 6.07 Å². The summed E-state index contributed by atoms with van der Waals surface area (Å²) in [5.74, 6) is -0.156. The van der Waals surface area contributed by atoms with Gasteiger partial charge in [0.2, 0.25) is 5.91 Å². The molecule has 0 bridgehead atoms. The molecule has 0 fully saturated rings. The molecule has 1 aliphatic rings. The number of aryl methyl sites for hydroxylation is 2. The largest absolute Gasteiger partial charge is 0.320 e. The van der Waals surface area contributed by atoms with E-state index < -0.39 is 0 Å². The maximum Gasteiger partial charge on any atom is 0.255 e. The third-order valence-electron chi connectivity index (χ3n) is 5.51. The molecule has 0 aromatic heterocycles. The van der Waals surface area contributed by atoms with Gasteiger partial charge in [0.15, 0.2) is 0 Å². The number of rotatable bonds is 5. The minimum Gasteiger partial charge on any atom is -0.320 e. The van der Waals surface area contributed by atoms with Gasteiger partial charge >= 0.3 is 0 Å². The van der Waals surface area contributed by atoms with Gasteiger partial charge in [0.05, 0.1) is 23.0 Å². The predicted octanol–water partition coefficient (Wildman–Crippen LogP) is 4.72. The first-order chi connectivity index (χ1) is 15.2. The van der Waals surface area contributed by atoms with Crippen LogP contribution in [-0.2, 0) is 17.6 Å². The van der Waals surface area contributed by atoms with E-state index in [0.717, 1.165) is 29.7 Å². The van der Waals surface area contributed by atoms with Crippen molar-refractivity contribution in [1.29, 1.82) is 5.26 Å². The molecular weight excluding hydrogens is 386 g/mol. The van der Waals surface area contributed by atoms with Gasteiger partial charge in [0.1, 0.15) is 0 Å². The zero-order valence-corrected chi connectivity index (χ0v) is 17.2. The summed E-state index contributed by atoms with van der Waals surface area (Å²) in [6.45, 7) is 0.636. The fraction of sp³-hybridized carbons (Fsp3) is 0.192. The van der Waals surface area contributed by atoms with Gasteiger partial charge < -0.3 is 10.2 Å². The number of hydrogen-bond acceptors (Lipinski definition) is 3. The van der Waals surface area contributed by atoms with E-state index in [9.17, 15) is 9.59 Å². The lowest BCUT2D eigenvalue weighted by molar-refractivity contribution is -0.118. The smallest absolute Gasteiger partial charge is 0.255 e. The van der Waals surface area contributed by atoms with Gasteiger partial charge in [-0.2, -0.15) is 5.26 Å². The molecular formula is C26H23N3O2. The second-order valence-electron chi connectivity index (χ2n) is 7.59. The molecule has 0 saturated carbocycles. The van der Waals surface area contributed by atoms with Gasteiger partial charge in [-0.25, -0.2) is 0 Å². The molecule has 3 aromatic rings. The first kappa shape index (κ1) is 20.4. The molecule has 154 valence electrons. The van der Waals surface area contributed by atoms with E-state index in [4.69, 9.17) is 5.26 Å². The van der Waals surface area contributed by atoms with E-state index in [0.29, 0.717) is 36.2 Å². The average Bonchev–Trinajstić information content (AvgIpc) is 2.83. The second kappa shape index (κ2) is 9.27. The lowest BCUT2D eigenvalue weighted by Crippen LogP contribution is -2.36. The fourth-order valence-corrected chi connectivity index (χ4v) is 3.92. The van der Waals surface area contributed by atoms with Gasteiger partial charge in [0.25, 0.3) is 5.91 Å². The van der Waals surface area contributed by atoms with Crippen molar-refractivity contribution >= 4 is 23.2 Å². The Kier molecular flexibility index (Phi) is 6.09. The Labute approximate surface area is 181 Å². The van der Waals surface area contributed by atoms with E-state index in [1.54, 1.807) is 24.3 Å². The van der Waals surface area contributed by atoms with Crippen LogP contribution >= 0.6 is 0 Å². The predicted molar refractivity (Wildman–Crippen MR) is 121 cm³/mol. The number of amides is 2. The molecule has 3 aromatic carbocycles. The Morgan fingerprint density at radius 1 is 0.968 bits per heavy atom. The average molecular weight is 409 g/mol. The van der Waals surface area contributed by atoms with Crippen LogP contribution in [0.4, 0.5) is 11.4 Å². The molecule has 31 heavy (non-hydrogen) atoms. The summed E-state index contributed by atoms with van der Waals surface area (Å²) in [4.78, 5) is 27.6. The van der Waals surface area contributed by atoms with Crippen molar-refractivity contribution < 1.29 is 9.59 Å². The third kappa shape index (κ3) is 4.65. The van der Waals surface area contributed by atoms with E-state index in [2.05, 4.69) is 11.4 Å². The van der Waals surface area contributed by atoms with Crippen LogP contribution in [-0.4, -0.2) is 18.4 Å². The number of fused-ring (bicyclic) bond motifs is 1. The number of carbonyl (C=O) groups is 2. The first-order valence-electron chi connectivity index (χ1n) is 10.4. The highest BCUT2D eigenvalue weighted by Gasteiger charge is 2.25. The van der Waals surface area contributed by atoms with Crippen LogP contribution in [0.1, 0.15) is 39.9 Å². The topological polar surface area (TPSA) is 73.2 Å². The third-order valence-corrected chi connectivity index (χ3v) is 5.51. The van der Waals surface area contributed by atoms with Gasteiger partial charge in [0, 0.05) is 18.5 Å². The van der Waals surface area contributed by atoms with Crippen LogP contribution in [0.25, 0.3) is 0 Å². The molecule has 1 heterocycles. The van der Waals surface area contributed by atoms with Gasteiger partial charge in [-0.15, -0.1) is 0 Å². The molecule has 5 nitrogen and oxygen atoms in total. The highest BCUT2D eigenvalue weighted by atomic mass is 16.2. The molecule has 1 N–H and O–H groups in total. The highest BCUT2D eigenvalue weighted by molar-refractivity contribution is 6.08.